The molecule has 3 aromatic rings. The van der Waals surface area contributed by atoms with Crippen molar-refractivity contribution >= 4 is 23.4 Å². The first-order valence-electron chi connectivity index (χ1n) is 11.5. The SMILES string of the molecule is O=C(CNC(=O)C1c2ccccc2C(=O)N1C1CC1)NN(Cc1ccccc1)c1ccccc1. The number of anilines is 1. The van der Waals surface area contributed by atoms with Crippen LogP contribution in [0.1, 0.15) is 40.4 Å². The lowest BCUT2D eigenvalue weighted by molar-refractivity contribution is -0.129. The largest absolute Gasteiger partial charge is 0.345 e. The lowest BCUT2D eigenvalue weighted by Crippen LogP contribution is -2.48. The van der Waals surface area contributed by atoms with Crippen LogP contribution in [-0.2, 0) is 16.1 Å². The molecule has 3 aromatic carbocycles. The Labute approximate surface area is 198 Å². The van der Waals surface area contributed by atoms with Crippen LogP contribution in [0, 0.1) is 0 Å². The number of hydrogen-bond acceptors (Lipinski definition) is 4. The van der Waals surface area contributed by atoms with E-state index >= 15 is 0 Å². The van der Waals surface area contributed by atoms with Gasteiger partial charge in [-0.2, -0.15) is 0 Å². The number of fused-ring (bicyclic) bond motifs is 1. The lowest BCUT2D eigenvalue weighted by Gasteiger charge is -2.27. The molecule has 7 heteroatoms. The van der Waals surface area contributed by atoms with Gasteiger partial charge < -0.3 is 10.2 Å². The molecule has 1 heterocycles. The van der Waals surface area contributed by atoms with Gasteiger partial charge in [-0.15, -0.1) is 0 Å². The molecule has 7 nitrogen and oxygen atoms in total. The van der Waals surface area contributed by atoms with Gasteiger partial charge in [-0.3, -0.25) is 24.8 Å². The summed E-state index contributed by atoms with van der Waals surface area (Å²) in [6.07, 6.45) is 1.80. The standard InChI is InChI=1S/C27H26N4O3/c32-24(29-30(20-11-5-2-6-12-20)18-19-9-3-1-4-10-19)17-28-26(33)25-22-13-7-8-14-23(22)27(34)31(25)21-15-16-21/h1-14,21,25H,15-18H2,(H,28,33)(H,29,32). The molecular weight excluding hydrogens is 428 g/mol. The average molecular weight is 455 g/mol. The van der Waals surface area contributed by atoms with Gasteiger partial charge in [-0.05, 0) is 42.2 Å². The highest BCUT2D eigenvalue weighted by Gasteiger charge is 2.47. The van der Waals surface area contributed by atoms with E-state index in [1.165, 1.54) is 0 Å². The molecule has 0 aromatic heterocycles. The Kier molecular flexibility index (Phi) is 5.99. The van der Waals surface area contributed by atoms with Crippen molar-refractivity contribution in [2.45, 2.75) is 31.5 Å². The van der Waals surface area contributed by atoms with Crippen molar-refractivity contribution in [3.63, 3.8) is 0 Å². The second kappa shape index (κ2) is 9.39. The first-order chi connectivity index (χ1) is 16.6. The third-order valence-corrected chi connectivity index (χ3v) is 6.12. The molecule has 1 aliphatic carbocycles. The highest BCUT2D eigenvalue weighted by molar-refractivity contribution is 6.05. The molecule has 1 atom stereocenters. The maximum Gasteiger partial charge on any atom is 0.257 e. The Morgan fingerprint density at radius 2 is 1.53 bits per heavy atom. The molecule has 0 bridgehead atoms. The van der Waals surface area contributed by atoms with Crippen LogP contribution in [0.25, 0.3) is 0 Å². The van der Waals surface area contributed by atoms with Gasteiger partial charge in [-0.25, -0.2) is 0 Å². The number of carbonyl (C=O) groups excluding carboxylic acids is 3. The second-order valence-electron chi connectivity index (χ2n) is 8.59. The monoisotopic (exact) mass is 454 g/mol. The van der Waals surface area contributed by atoms with E-state index in [1.54, 1.807) is 22.0 Å². The van der Waals surface area contributed by atoms with E-state index in [-0.39, 0.29) is 30.3 Å². The van der Waals surface area contributed by atoms with Crippen LogP contribution < -0.4 is 15.8 Å². The Balaban J connectivity index is 1.26. The molecule has 172 valence electrons. The third kappa shape index (κ3) is 4.50. The molecule has 0 radical (unpaired) electrons. The van der Waals surface area contributed by atoms with Crippen LogP contribution in [-0.4, -0.2) is 35.2 Å². The van der Waals surface area contributed by atoms with Crippen molar-refractivity contribution in [1.29, 1.82) is 0 Å². The highest BCUT2D eigenvalue weighted by atomic mass is 16.2. The van der Waals surface area contributed by atoms with Crippen LogP contribution in [0.5, 0.6) is 0 Å². The molecule has 1 saturated carbocycles. The summed E-state index contributed by atoms with van der Waals surface area (Å²) in [6.45, 7) is 0.285. The fourth-order valence-electron chi connectivity index (χ4n) is 4.36. The van der Waals surface area contributed by atoms with Gasteiger partial charge in [0.25, 0.3) is 11.8 Å². The summed E-state index contributed by atoms with van der Waals surface area (Å²) in [4.78, 5) is 40.5. The van der Waals surface area contributed by atoms with E-state index < -0.39 is 6.04 Å². The summed E-state index contributed by atoms with van der Waals surface area (Å²) in [7, 11) is 0. The van der Waals surface area contributed by atoms with Crippen LogP contribution in [0.3, 0.4) is 0 Å². The van der Waals surface area contributed by atoms with E-state index in [4.69, 9.17) is 0 Å². The second-order valence-corrected chi connectivity index (χ2v) is 8.59. The number of hydrogen-bond donors (Lipinski definition) is 2. The van der Waals surface area contributed by atoms with Crippen LogP contribution >= 0.6 is 0 Å². The molecule has 2 N–H and O–H groups in total. The fraction of sp³-hybridized carbons (Fsp3) is 0.222. The summed E-state index contributed by atoms with van der Waals surface area (Å²) in [5, 5.41) is 4.51. The molecule has 1 fully saturated rings. The number of nitrogens with zero attached hydrogens (tertiary/aromatic N) is 2. The number of nitrogens with one attached hydrogen (secondary N) is 2. The van der Waals surface area contributed by atoms with E-state index in [2.05, 4.69) is 10.7 Å². The zero-order valence-corrected chi connectivity index (χ0v) is 18.7. The van der Waals surface area contributed by atoms with E-state index in [0.29, 0.717) is 17.7 Å². The van der Waals surface area contributed by atoms with Crippen molar-refractivity contribution in [3.8, 4) is 0 Å². The highest BCUT2D eigenvalue weighted by Crippen LogP contribution is 2.41. The third-order valence-electron chi connectivity index (χ3n) is 6.12. The van der Waals surface area contributed by atoms with Crippen molar-refractivity contribution in [1.82, 2.24) is 15.6 Å². The van der Waals surface area contributed by atoms with Crippen LogP contribution in [0.15, 0.2) is 84.9 Å². The van der Waals surface area contributed by atoms with Gasteiger partial charge in [0.05, 0.1) is 18.8 Å². The fourth-order valence-corrected chi connectivity index (χ4v) is 4.36. The summed E-state index contributed by atoms with van der Waals surface area (Å²) in [5.74, 6) is -0.792. The van der Waals surface area contributed by atoms with Crippen LogP contribution in [0.4, 0.5) is 5.69 Å². The minimum absolute atomic E-state index is 0.0870. The number of para-hydroxylation sites is 1. The van der Waals surface area contributed by atoms with Crippen molar-refractivity contribution in [2.24, 2.45) is 0 Å². The molecule has 5 rings (SSSR count). The molecule has 0 spiro atoms. The van der Waals surface area contributed by atoms with Crippen molar-refractivity contribution in [3.05, 3.63) is 102 Å². The zero-order chi connectivity index (χ0) is 23.5. The number of benzene rings is 3. The van der Waals surface area contributed by atoms with E-state index in [1.807, 2.05) is 72.8 Å². The number of carbonyl (C=O) groups is 3. The maximum absolute atomic E-state index is 13.1. The quantitative estimate of drug-likeness (QED) is 0.512. The smallest absolute Gasteiger partial charge is 0.257 e. The number of rotatable bonds is 8. The van der Waals surface area contributed by atoms with Gasteiger partial charge >= 0.3 is 0 Å². The first kappa shape index (κ1) is 21.7. The Morgan fingerprint density at radius 3 is 2.24 bits per heavy atom. The predicted octanol–water partition coefficient (Wildman–Crippen LogP) is 3.20. The van der Waals surface area contributed by atoms with Gasteiger partial charge in [0.15, 0.2) is 0 Å². The molecule has 1 unspecified atom stereocenters. The minimum atomic E-state index is -0.696. The Morgan fingerprint density at radius 1 is 0.882 bits per heavy atom. The zero-order valence-electron chi connectivity index (χ0n) is 18.7. The molecule has 2 aliphatic rings. The topological polar surface area (TPSA) is 81.8 Å². The summed E-state index contributed by atoms with van der Waals surface area (Å²) in [5.41, 5.74) is 6.04. The molecule has 1 aliphatic heterocycles. The molecule has 3 amide bonds. The number of amides is 3. The van der Waals surface area contributed by atoms with Crippen molar-refractivity contribution in [2.75, 3.05) is 11.6 Å². The molecule has 0 saturated heterocycles. The average Bonchev–Trinajstić information content (AvgIpc) is 3.67. The normalized spacial score (nSPS) is 16.6. The van der Waals surface area contributed by atoms with Crippen LogP contribution in [0.2, 0.25) is 0 Å². The minimum Gasteiger partial charge on any atom is -0.345 e. The summed E-state index contributed by atoms with van der Waals surface area (Å²) >= 11 is 0. The number of hydrazine groups is 1. The van der Waals surface area contributed by atoms with Gasteiger partial charge in [0.1, 0.15) is 6.04 Å². The maximum atomic E-state index is 13.1. The van der Waals surface area contributed by atoms with E-state index in [9.17, 15) is 14.4 Å². The first-order valence-corrected chi connectivity index (χ1v) is 11.5. The molecular formula is C27H26N4O3. The summed E-state index contributed by atoms with van der Waals surface area (Å²) in [6, 6.07) is 26.0. The lowest BCUT2D eigenvalue weighted by atomic mass is 10.0. The Hall–Kier alpha value is -4.13. The Bertz CT molecular complexity index is 1190. The molecule has 34 heavy (non-hydrogen) atoms. The van der Waals surface area contributed by atoms with E-state index in [0.717, 1.165) is 24.1 Å². The summed E-state index contributed by atoms with van der Waals surface area (Å²) < 4.78 is 0. The van der Waals surface area contributed by atoms with Gasteiger partial charge in [-0.1, -0.05) is 66.7 Å². The predicted molar refractivity (Wildman–Crippen MR) is 129 cm³/mol. The van der Waals surface area contributed by atoms with Gasteiger partial charge in [0, 0.05) is 11.6 Å². The van der Waals surface area contributed by atoms with Gasteiger partial charge in [0.2, 0.25) is 5.91 Å². The van der Waals surface area contributed by atoms with Crippen molar-refractivity contribution < 1.29 is 14.4 Å².